The maximum Gasteiger partial charge on any atom is 0.0937 e. The van der Waals surface area contributed by atoms with Gasteiger partial charge in [0.1, 0.15) is 0 Å². The highest BCUT2D eigenvalue weighted by atomic mass is 32.1. The van der Waals surface area contributed by atoms with Gasteiger partial charge in [-0.1, -0.05) is 24.3 Å². The molecule has 0 aliphatic heterocycles. The maximum atomic E-state index is 6.12. The van der Waals surface area contributed by atoms with Gasteiger partial charge in [-0.2, -0.15) is 0 Å². The summed E-state index contributed by atoms with van der Waals surface area (Å²) in [6.07, 6.45) is 3.20. The summed E-state index contributed by atoms with van der Waals surface area (Å²) >= 11 is 1.83. The molecule has 3 rings (SSSR count). The largest absolute Gasteiger partial charge is 0.330 e. The van der Waals surface area contributed by atoms with Gasteiger partial charge in [0.15, 0.2) is 0 Å². The first-order valence-corrected chi connectivity index (χ1v) is 7.63. The van der Waals surface area contributed by atoms with E-state index in [0.717, 1.165) is 25.8 Å². The van der Waals surface area contributed by atoms with Crippen molar-refractivity contribution in [2.75, 3.05) is 6.54 Å². The Balaban J connectivity index is 1.86. The molecule has 0 saturated carbocycles. The van der Waals surface area contributed by atoms with Crippen molar-refractivity contribution >= 4 is 11.3 Å². The van der Waals surface area contributed by atoms with Crippen molar-refractivity contribution in [3.05, 3.63) is 51.0 Å². The first-order chi connectivity index (χ1) is 9.12. The number of thiazole rings is 1. The lowest BCUT2D eigenvalue weighted by atomic mass is 9.82. The van der Waals surface area contributed by atoms with Gasteiger partial charge in [0.05, 0.1) is 10.7 Å². The predicted molar refractivity (Wildman–Crippen MR) is 80.6 cm³/mol. The highest BCUT2D eigenvalue weighted by Crippen LogP contribution is 2.39. The second-order valence-corrected chi connectivity index (χ2v) is 7.04. The van der Waals surface area contributed by atoms with Crippen LogP contribution in [0.4, 0.5) is 0 Å². The number of aryl methyl sites for hydroxylation is 2. The highest BCUT2D eigenvalue weighted by molar-refractivity contribution is 7.11. The van der Waals surface area contributed by atoms with Crippen molar-refractivity contribution in [3.63, 3.8) is 0 Å². The maximum absolute atomic E-state index is 6.12. The Bertz CT molecular complexity index is 556. The van der Waals surface area contributed by atoms with Crippen molar-refractivity contribution in [3.8, 4) is 0 Å². The topological polar surface area (TPSA) is 38.9 Å². The number of fused-ring (bicyclic) bond motifs is 1. The summed E-state index contributed by atoms with van der Waals surface area (Å²) in [6, 6.07) is 8.74. The first kappa shape index (κ1) is 12.8. The Labute approximate surface area is 118 Å². The molecular weight excluding hydrogens is 252 g/mol. The predicted octanol–water partition coefficient (Wildman–Crippen LogP) is 3.05. The third-order valence-corrected chi connectivity index (χ3v) is 5.35. The molecule has 0 unspecified atom stereocenters. The van der Waals surface area contributed by atoms with Crippen LogP contribution in [0.2, 0.25) is 0 Å². The molecule has 2 N–H and O–H groups in total. The molecule has 2 nitrogen and oxygen atoms in total. The van der Waals surface area contributed by atoms with Gasteiger partial charge >= 0.3 is 0 Å². The molecule has 1 aromatic carbocycles. The molecule has 1 heterocycles. The summed E-state index contributed by atoms with van der Waals surface area (Å²) < 4.78 is 0. The van der Waals surface area contributed by atoms with Crippen LogP contribution in [0.5, 0.6) is 0 Å². The lowest BCUT2D eigenvalue weighted by Crippen LogP contribution is -2.33. The minimum Gasteiger partial charge on any atom is -0.330 e. The summed E-state index contributed by atoms with van der Waals surface area (Å²) in [7, 11) is 0. The van der Waals surface area contributed by atoms with Crippen molar-refractivity contribution in [1.29, 1.82) is 0 Å². The van der Waals surface area contributed by atoms with E-state index in [-0.39, 0.29) is 5.41 Å². The lowest BCUT2D eigenvalue weighted by Gasteiger charge is -2.26. The fourth-order valence-corrected chi connectivity index (χ4v) is 4.16. The zero-order valence-corrected chi connectivity index (χ0v) is 12.4. The zero-order chi connectivity index (χ0) is 13.5. The fraction of sp³-hybridized carbons (Fsp3) is 0.438. The molecule has 1 aromatic heterocycles. The normalized spacial score (nSPS) is 16.6. The molecule has 0 amide bonds. The van der Waals surface area contributed by atoms with E-state index in [1.165, 1.54) is 26.7 Å². The third kappa shape index (κ3) is 2.33. The van der Waals surface area contributed by atoms with E-state index in [1.54, 1.807) is 0 Å². The number of hydrogen-bond donors (Lipinski definition) is 1. The Hall–Kier alpha value is -1.19. The lowest BCUT2D eigenvalue weighted by molar-refractivity contribution is 0.314. The second kappa shape index (κ2) is 4.73. The van der Waals surface area contributed by atoms with E-state index in [1.807, 2.05) is 11.3 Å². The third-order valence-electron chi connectivity index (χ3n) is 4.28. The Kier molecular flexibility index (Phi) is 3.19. The van der Waals surface area contributed by atoms with Crippen LogP contribution in [-0.4, -0.2) is 11.5 Å². The number of nitrogens with zero attached hydrogens (tertiary/aromatic N) is 1. The van der Waals surface area contributed by atoms with Crippen molar-refractivity contribution in [2.24, 2.45) is 11.1 Å². The molecule has 0 atom stereocenters. The molecule has 1 aliphatic carbocycles. The Morgan fingerprint density at radius 1 is 1.21 bits per heavy atom. The molecule has 100 valence electrons. The summed E-state index contributed by atoms with van der Waals surface area (Å²) in [6.45, 7) is 4.97. The monoisotopic (exact) mass is 272 g/mol. The van der Waals surface area contributed by atoms with Gasteiger partial charge in [0.25, 0.3) is 0 Å². The molecule has 0 radical (unpaired) electrons. The van der Waals surface area contributed by atoms with Gasteiger partial charge in [-0.3, -0.25) is 0 Å². The summed E-state index contributed by atoms with van der Waals surface area (Å²) in [4.78, 5) is 6.02. The standard InChI is InChI=1S/C16H20N2S/c1-11-12(2)19-15(18-11)9-16(10-17)7-13-5-3-4-6-14(13)8-16/h3-6H,7-10,17H2,1-2H3. The Morgan fingerprint density at radius 2 is 1.84 bits per heavy atom. The fourth-order valence-electron chi connectivity index (χ4n) is 3.05. The van der Waals surface area contributed by atoms with Crippen LogP contribution in [-0.2, 0) is 19.3 Å². The van der Waals surface area contributed by atoms with Gasteiger partial charge in [-0.15, -0.1) is 11.3 Å². The quantitative estimate of drug-likeness (QED) is 0.932. The van der Waals surface area contributed by atoms with Crippen LogP contribution >= 0.6 is 11.3 Å². The van der Waals surface area contributed by atoms with Crippen LogP contribution in [0.15, 0.2) is 24.3 Å². The molecule has 0 fully saturated rings. The van der Waals surface area contributed by atoms with Crippen LogP contribution in [0.3, 0.4) is 0 Å². The average molecular weight is 272 g/mol. The number of hydrogen-bond acceptors (Lipinski definition) is 3. The molecule has 0 bridgehead atoms. The first-order valence-electron chi connectivity index (χ1n) is 6.82. The molecule has 3 heteroatoms. The van der Waals surface area contributed by atoms with Gasteiger partial charge in [-0.25, -0.2) is 4.98 Å². The van der Waals surface area contributed by atoms with Crippen molar-refractivity contribution in [2.45, 2.75) is 33.1 Å². The van der Waals surface area contributed by atoms with Crippen LogP contribution < -0.4 is 5.73 Å². The van der Waals surface area contributed by atoms with Gasteiger partial charge in [0, 0.05) is 11.3 Å². The van der Waals surface area contributed by atoms with Gasteiger partial charge in [-0.05, 0) is 49.8 Å². The van der Waals surface area contributed by atoms with Gasteiger partial charge in [0.2, 0.25) is 0 Å². The Morgan fingerprint density at radius 3 is 2.32 bits per heavy atom. The average Bonchev–Trinajstić information content (AvgIpc) is 2.90. The van der Waals surface area contributed by atoms with E-state index in [4.69, 9.17) is 10.7 Å². The summed E-state index contributed by atoms with van der Waals surface area (Å²) in [5.41, 5.74) is 10.4. The number of rotatable bonds is 3. The molecular formula is C16H20N2S. The zero-order valence-electron chi connectivity index (χ0n) is 11.6. The van der Waals surface area contributed by atoms with E-state index >= 15 is 0 Å². The SMILES string of the molecule is Cc1nc(CC2(CN)Cc3ccccc3C2)sc1C. The minimum absolute atomic E-state index is 0.181. The number of benzene rings is 1. The van der Waals surface area contributed by atoms with Crippen LogP contribution in [0.1, 0.15) is 26.7 Å². The molecule has 1 aliphatic rings. The van der Waals surface area contributed by atoms with E-state index in [2.05, 4.69) is 38.1 Å². The van der Waals surface area contributed by atoms with Gasteiger partial charge < -0.3 is 5.73 Å². The summed E-state index contributed by atoms with van der Waals surface area (Å²) in [5, 5.41) is 1.24. The second-order valence-electron chi connectivity index (χ2n) is 5.75. The van der Waals surface area contributed by atoms with E-state index < -0.39 is 0 Å². The number of nitrogens with two attached hydrogens (primary N) is 1. The van der Waals surface area contributed by atoms with Crippen molar-refractivity contribution < 1.29 is 0 Å². The highest BCUT2D eigenvalue weighted by Gasteiger charge is 2.36. The van der Waals surface area contributed by atoms with Crippen molar-refractivity contribution in [1.82, 2.24) is 4.98 Å². The molecule has 0 saturated heterocycles. The van der Waals surface area contributed by atoms with Crippen LogP contribution in [0, 0.1) is 19.3 Å². The summed E-state index contributed by atoms with van der Waals surface area (Å²) in [5.74, 6) is 0. The molecule has 19 heavy (non-hydrogen) atoms. The smallest absolute Gasteiger partial charge is 0.0937 e. The minimum atomic E-state index is 0.181. The molecule has 0 spiro atoms. The van der Waals surface area contributed by atoms with E-state index in [0.29, 0.717) is 0 Å². The van der Waals surface area contributed by atoms with Crippen LogP contribution in [0.25, 0.3) is 0 Å². The molecule has 2 aromatic rings. The van der Waals surface area contributed by atoms with E-state index in [9.17, 15) is 0 Å². The number of aromatic nitrogens is 1.